The van der Waals surface area contributed by atoms with E-state index < -0.39 is 5.54 Å². The lowest BCUT2D eigenvalue weighted by Crippen LogP contribution is -2.66. The number of rotatable bonds is 3. The lowest BCUT2D eigenvalue weighted by molar-refractivity contribution is -0.128. The summed E-state index contributed by atoms with van der Waals surface area (Å²) in [5, 5.41) is 3.89. The van der Waals surface area contributed by atoms with Gasteiger partial charge in [-0.3, -0.25) is 14.5 Å². The fourth-order valence-corrected chi connectivity index (χ4v) is 5.44. The lowest BCUT2D eigenvalue weighted by Gasteiger charge is -2.45. The summed E-state index contributed by atoms with van der Waals surface area (Å²) in [6.07, 6.45) is 4.86. The number of nitrogens with zero attached hydrogens (tertiary/aromatic N) is 2. The highest BCUT2D eigenvalue weighted by molar-refractivity contribution is 6.30. The number of furan rings is 1. The smallest absolute Gasteiger partial charge is 0.276 e. The molecule has 6 nitrogen and oxygen atoms in total. The van der Waals surface area contributed by atoms with Crippen molar-refractivity contribution in [2.75, 3.05) is 4.90 Å². The predicted molar refractivity (Wildman–Crippen MR) is 125 cm³/mol. The van der Waals surface area contributed by atoms with Gasteiger partial charge in [0.15, 0.2) is 5.58 Å². The second-order valence-corrected chi connectivity index (χ2v) is 9.96. The minimum Gasteiger partial charge on any atom is -0.463 e. The Morgan fingerprint density at radius 1 is 1.19 bits per heavy atom. The van der Waals surface area contributed by atoms with E-state index in [1.165, 1.54) is 6.42 Å². The third-order valence-corrected chi connectivity index (χ3v) is 7.75. The molecule has 0 bridgehead atoms. The molecule has 7 heteroatoms. The number of anilines is 1. The molecule has 1 aliphatic heterocycles. The number of carbonyl (C=O) groups excluding carboxylic acids is 2. The normalized spacial score (nSPS) is 28.1. The molecule has 2 aromatic heterocycles. The summed E-state index contributed by atoms with van der Waals surface area (Å²) in [5.41, 5.74) is 1.51. The van der Waals surface area contributed by atoms with Crippen molar-refractivity contribution in [1.82, 2.24) is 9.88 Å². The largest absolute Gasteiger partial charge is 0.463 e. The van der Waals surface area contributed by atoms with E-state index in [-0.39, 0.29) is 17.9 Å². The maximum atomic E-state index is 13.9. The quantitative estimate of drug-likeness (QED) is 0.589. The summed E-state index contributed by atoms with van der Waals surface area (Å²) >= 11 is 6.10. The van der Waals surface area contributed by atoms with E-state index in [2.05, 4.69) is 19.2 Å². The molecule has 1 N–H and O–H groups in total. The SMILES string of the molecule is C[C@@H]1[C@H](C)CCC[C@@H]1NC(=O)[C@]1(C)Cn2c(cc3occc32)C(=O)N1c1ccc(Cl)cc1. The molecule has 2 amide bonds. The molecule has 1 saturated carbocycles. The number of carbonyl (C=O) groups is 2. The van der Waals surface area contributed by atoms with Crippen molar-refractivity contribution in [3.8, 4) is 0 Å². The summed E-state index contributed by atoms with van der Waals surface area (Å²) in [6, 6.07) is 10.8. The van der Waals surface area contributed by atoms with E-state index in [1.807, 2.05) is 17.6 Å². The lowest BCUT2D eigenvalue weighted by atomic mass is 9.77. The summed E-state index contributed by atoms with van der Waals surface area (Å²) in [4.78, 5) is 29.2. The molecule has 0 radical (unpaired) electrons. The van der Waals surface area contributed by atoms with E-state index in [0.29, 0.717) is 40.4 Å². The molecule has 2 aliphatic rings. The van der Waals surface area contributed by atoms with Crippen molar-refractivity contribution < 1.29 is 14.0 Å². The second kappa shape index (κ2) is 7.69. The van der Waals surface area contributed by atoms with Crippen LogP contribution in [-0.4, -0.2) is 28.0 Å². The van der Waals surface area contributed by atoms with Crippen LogP contribution >= 0.6 is 11.6 Å². The minimum atomic E-state index is -1.11. The molecule has 1 fully saturated rings. The number of aromatic nitrogens is 1. The topological polar surface area (TPSA) is 67.5 Å². The minimum absolute atomic E-state index is 0.102. The number of hydrogen-bond donors (Lipinski definition) is 1. The number of hydrogen-bond acceptors (Lipinski definition) is 3. The Bertz CT molecular complexity index is 1180. The Kier molecular flexibility index (Phi) is 5.08. The average Bonchev–Trinajstić information content (AvgIpc) is 3.35. The Morgan fingerprint density at radius 3 is 2.69 bits per heavy atom. The van der Waals surface area contributed by atoms with Crippen LogP contribution in [0.4, 0.5) is 5.69 Å². The van der Waals surface area contributed by atoms with Crippen molar-refractivity contribution in [2.24, 2.45) is 11.8 Å². The molecule has 1 aliphatic carbocycles. The van der Waals surface area contributed by atoms with E-state index >= 15 is 0 Å². The zero-order valence-corrected chi connectivity index (χ0v) is 19.4. The average molecular weight is 454 g/mol. The van der Waals surface area contributed by atoms with Gasteiger partial charge in [-0.1, -0.05) is 38.3 Å². The highest BCUT2D eigenvalue weighted by Gasteiger charge is 2.49. The maximum Gasteiger partial charge on any atom is 0.276 e. The maximum absolute atomic E-state index is 13.9. The van der Waals surface area contributed by atoms with Gasteiger partial charge in [0.25, 0.3) is 5.91 Å². The first kappa shape index (κ1) is 21.1. The molecular weight excluding hydrogens is 426 g/mol. The number of halogens is 1. The molecule has 168 valence electrons. The summed E-state index contributed by atoms with van der Waals surface area (Å²) in [6.45, 7) is 6.64. The van der Waals surface area contributed by atoms with Gasteiger partial charge in [-0.05, 0) is 49.4 Å². The van der Waals surface area contributed by atoms with E-state index in [0.717, 1.165) is 18.4 Å². The Labute approximate surface area is 192 Å². The van der Waals surface area contributed by atoms with Gasteiger partial charge in [-0.15, -0.1) is 0 Å². The van der Waals surface area contributed by atoms with Crippen LogP contribution in [0, 0.1) is 11.8 Å². The molecule has 0 unspecified atom stereocenters. The van der Waals surface area contributed by atoms with Gasteiger partial charge in [0.1, 0.15) is 11.2 Å². The molecule has 3 heterocycles. The van der Waals surface area contributed by atoms with Gasteiger partial charge < -0.3 is 14.3 Å². The molecule has 0 spiro atoms. The first-order valence-electron chi connectivity index (χ1n) is 11.3. The van der Waals surface area contributed by atoms with Crippen molar-refractivity contribution >= 4 is 40.2 Å². The van der Waals surface area contributed by atoms with Crippen LogP contribution in [0.5, 0.6) is 0 Å². The Balaban J connectivity index is 1.57. The van der Waals surface area contributed by atoms with Crippen LogP contribution in [0.3, 0.4) is 0 Å². The van der Waals surface area contributed by atoms with E-state index in [4.69, 9.17) is 16.0 Å². The molecule has 5 rings (SSSR count). The zero-order chi connectivity index (χ0) is 22.6. The van der Waals surface area contributed by atoms with Crippen LogP contribution in [0.15, 0.2) is 47.1 Å². The Hall–Kier alpha value is -2.73. The van der Waals surface area contributed by atoms with Crippen LogP contribution in [0.1, 0.15) is 50.5 Å². The van der Waals surface area contributed by atoms with Gasteiger partial charge in [-0.2, -0.15) is 0 Å². The van der Waals surface area contributed by atoms with E-state index in [1.54, 1.807) is 41.5 Å². The fourth-order valence-electron chi connectivity index (χ4n) is 5.32. The monoisotopic (exact) mass is 453 g/mol. The fraction of sp³-hybridized carbons (Fsp3) is 0.440. The first-order chi connectivity index (χ1) is 15.3. The molecule has 0 saturated heterocycles. The van der Waals surface area contributed by atoms with Crippen molar-refractivity contribution in [3.05, 3.63) is 53.4 Å². The number of benzene rings is 1. The summed E-state index contributed by atoms with van der Waals surface area (Å²) < 4.78 is 7.44. The number of fused-ring (bicyclic) bond motifs is 3. The van der Waals surface area contributed by atoms with Gasteiger partial charge in [0.05, 0.1) is 18.3 Å². The first-order valence-corrected chi connectivity index (χ1v) is 11.7. The Morgan fingerprint density at radius 2 is 1.94 bits per heavy atom. The molecule has 4 atom stereocenters. The van der Waals surface area contributed by atoms with Crippen LogP contribution < -0.4 is 10.2 Å². The van der Waals surface area contributed by atoms with Crippen LogP contribution in [-0.2, 0) is 11.3 Å². The molecule has 32 heavy (non-hydrogen) atoms. The second-order valence-electron chi connectivity index (χ2n) is 9.52. The standard InChI is InChI=1S/C25H28ClN3O3/c1-15-5-4-6-19(16(15)2)27-24(31)25(3)14-28-20-11-12-32-22(20)13-21(28)23(30)29(25)18-9-7-17(26)8-10-18/h7-13,15-16,19H,4-6,14H2,1-3H3,(H,27,31)/t15-,16-,19+,25+/m1/s1. The van der Waals surface area contributed by atoms with Crippen molar-refractivity contribution in [1.29, 1.82) is 0 Å². The highest BCUT2D eigenvalue weighted by atomic mass is 35.5. The van der Waals surface area contributed by atoms with E-state index in [9.17, 15) is 9.59 Å². The third-order valence-electron chi connectivity index (χ3n) is 7.50. The van der Waals surface area contributed by atoms with Crippen molar-refractivity contribution in [3.63, 3.8) is 0 Å². The van der Waals surface area contributed by atoms with Gasteiger partial charge in [-0.25, -0.2) is 0 Å². The zero-order valence-electron chi connectivity index (χ0n) is 18.6. The highest BCUT2D eigenvalue weighted by Crippen LogP contribution is 2.37. The van der Waals surface area contributed by atoms with Crippen molar-refractivity contribution in [2.45, 2.75) is 58.2 Å². The molecule has 1 aromatic carbocycles. The summed E-state index contributed by atoms with van der Waals surface area (Å²) in [5.74, 6) is 0.585. The third kappa shape index (κ3) is 3.24. The number of nitrogens with one attached hydrogen (secondary N) is 1. The van der Waals surface area contributed by atoms with Crippen LogP contribution in [0.2, 0.25) is 5.02 Å². The van der Waals surface area contributed by atoms with Gasteiger partial charge in [0, 0.05) is 28.9 Å². The summed E-state index contributed by atoms with van der Waals surface area (Å²) in [7, 11) is 0. The predicted octanol–water partition coefficient (Wildman–Crippen LogP) is 5.25. The molecule has 3 aromatic rings. The van der Waals surface area contributed by atoms with Gasteiger partial charge >= 0.3 is 0 Å². The number of amides is 2. The van der Waals surface area contributed by atoms with Gasteiger partial charge in [0.2, 0.25) is 5.91 Å². The van der Waals surface area contributed by atoms with Crippen LogP contribution in [0.25, 0.3) is 11.1 Å². The molecular formula is C25H28ClN3O3.